The Morgan fingerprint density at radius 2 is 2.00 bits per heavy atom. The lowest BCUT2D eigenvalue weighted by atomic mass is 10.0. The molecule has 1 atom stereocenters. The Bertz CT molecular complexity index is 945. The molecular weight excluding hydrogens is 385 g/mol. The minimum absolute atomic E-state index is 0.129. The van der Waals surface area contributed by atoms with E-state index in [4.69, 9.17) is 23.2 Å². The van der Waals surface area contributed by atoms with Crippen molar-refractivity contribution in [2.75, 3.05) is 11.6 Å². The molecule has 0 spiro atoms. The number of hydrazine groups is 2. The number of hydrogen-bond acceptors (Lipinski definition) is 5. The van der Waals surface area contributed by atoms with Crippen molar-refractivity contribution >= 4 is 34.9 Å². The van der Waals surface area contributed by atoms with Gasteiger partial charge in [-0.3, -0.25) is 4.79 Å². The predicted octanol–water partition coefficient (Wildman–Crippen LogP) is 3.67. The van der Waals surface area contributed by atoms with E-state index in [1.54, 1.807) is 23.1 Å². The van der Waals surface area contributed by atoms with E-state index in [-0.39, 0.29) is 11.9 Å². The minimum Gasteiger partial charge on any atom is -0.330 e. The smallest absolute Gasteiger partial charge is 0.255 e. The number of aromatic nitrogens is 1. The topological polar surface area (TPSA) is 60.5 Å². The highest BCUT2D eigenvalue weighted by Crippen LogP contribution is 2.33. The van der Waals surface area contributed by atoms with Crippen LogP contribution in [0.1, 0.15) is 29.4 Å². The number of carbonyl (C=O) groups is 1. The van der Waals surface area contributed by atoms with Crippen LogP contribution in [0.25, 0.3) is 0 Å². The van der Waals surface area contributed by atoms with Gasteiger partial charge in [0.15, 0.2) is 0 Å². The van der Waals surface area contributed by atoms with Gasteiger partial charge in [-0.05, 0) is 38.1 Å². The average molecular weight is 404 g/mol. The fourth-order valence-electron chi connectivity index (χ4n) is 3.49. The van der Waals surface area contributed by atoms with Crippen LogP contribution < -0.4 is 16.0 Å². The molecule has 6 nitrogen and oxygen atoms in total. The second-order valence-corrected chi connectivity index (χ2v) is 7.38. The van der Waals surface area contributed by atoms with E-state index in [1.807, 2.05) is 37.1 Å². The van der Waals surface area contributed by atoms with Crippen molar-refractivity contribution in [3.63, 3.8) is 0 Å². The van der Waals surface area contributed by atoms with Crippen LogP contribution in [0, 0.1) is 6.92 Å². The number of anilines is 1. The molecule has 0 radical (unpaired) electrons. The summed E-state index contributed by atoms with van der Waals surface area (Å²) in [5.74, 6) is 0.688. The molecule has 0 unspecified atom stereocenters. The third kappa shape index (κ3) is 3.14. The predicted molar refractivity (Wildman–Crippen MR) is 106 cm³/mol. The van der Waals surface area contributed by atoms with Crippen LogP contribution in [0.4, 0.5) is 5.82 Å². The summed E-state index contributed by atoms with van der Waals surface area (Å²) in [5.41, 5.74) is 9.76. The number of halogens is 2. The van der Waals surface area contributed by atoms with Gasteiger partial charge in [0.05, 0.1) is 33.0 Å². The summed E-state index contributed by atoms with van der Waals surface area (Å²) in [6.07, 6.45) is 0.694. The summed E-state index contributed by atoms with van der Waals surface area (Å²) >= 11 is 12.3. The van der Waals surface area contributed by atoms with Crippen molar-refractivity contribution < 1.29 is 4.79 Å². The number of rotatable bonds is 2. The van der Waals surface area contributed by atoms with Crippen molar-refractivity contribution in [3.05, 3.63) is 69.1 Å². The zero-order valence-corrected chi connectivity index (χ0v) is 16.5. The molecule has 140 valence electrons. The van der Waals surface area contributed by atoms with E-state index < -0.39 is 0 Å². The first-order chi connectivity index (χ1) is 13.0. The van der Waals surface area contributed by atoms with Crippen LogP contribution in [0.2, 0.25) is 10.0 Å². The van der Waals surface area contributed by atoms with Crippen molar-refractivity contribution in [2.24, 2.45) is 0 Å². The molecule has 2 aliphatic rings. The van der Waals surface area contributed by atoms with E-state index in [2.05, 4.69) is 15.9 Å². The molecule has 0 saturated carbocycles. The van der Waals surface area contributed by atoms with Gasteiger partial charge in [0.1, 0.15) is 5.82 Å². The zero-order valence-electron chi connectivity index (χ0n) is 15.0. The molecule has 27 heavy (non-hydrogen) atoms. The summed E-state index contributed by atoms with van der Waals surface area (Å²) in [6.45, 7) is 4.53. The van der Waals surface area contributed by atoms with Gasteiger partial charge in [0.25, 0.3) is 5.91 Å². The van der Waals surface area contributed by atoms with Crippen molar-refractivity contribution in [1.29, 1.82) is 0 Å². The normalized spacial score (nSPS) is 19.2. The van der Waals surface area contributed by atoms with Gasteiger partial charge >= 0.3 is 0 Å². The van der Waals surface area contributed by atoms with Crippen LogP contribution in [0.15, 0.2) is 47.8 Å². The van der Waals surface area contributed by atoms with Crippen LogP contribution in [0.3, 0.4) is 0 Å². The number of benzene rings is 1. The van der Waals surface area contributed by atoms with Crippen molar-refractivity contribution in [1.82, 2.24) is 20.8 Å². The number of nitrogens with one attached hydrogen (secondary N) is 2. The molecule has 0 fully saturated rings. The Labute approximate surface area is 167 Å². The number of nitrogens with zero attached hydrogens (tertiary/aromatic N) is 3. The van der Waals surface area contributed by atoms with Gasteiger partial charge < -0.3 is 10.3 Å². The second-order valence-electron chi connectivity index (χ2n) is 6.60. The number of pyridine rings is 1. The quantitative estimate of drug-likeness (QED) is 0.800. The fourth-order valence-corrected chi connectivity index (χ4v) is 3.88. The third-order valence-corrected chi connectivity index (χ3v) is 5.72. The van der Waals surface area contributed by atoms with E-state index in [0.29, 0.717) is 28.6 Å². The molecular formula is C19H19Cl2N5O. The van der Waals surface area contributed by atoms with Crippen molar-refractivity contribution in [3.8, 4) is 0 Å². The highest BCUT2D eigenvalue weighted by molar-refractivity contribution is 6.43. The lowest BCUT2D eigenvalue weighted by Gasteiger charge is -2.35. The van der Waals surface area contributed by atoms with Gasteiger partial charge in [-0.15, -0.1) is 5.53 Å². The summed E-state index contributed by atoms with van der Waals surface area (Å²) in [6, 6.07) is 10.9. The molecule has 3 heterocycles. The minimum atomic E-state index is -0.140. The average Bonchev–Trinajstić information content (AvgIpc) is 3.09. The molecule has 1 amide bonds. The Morgan fingerprint density at radius 3 is 2.78 bits per heavy atom. The maximum atomic E-state index is 13.1. The molecule has 0 saturated heterocycles. The molecule has 2 aromatic rings. The third-order valence-electron chi connectivity index (χ3n) is 4.90. The SMILES string of the molecule is Cc1cccc(N2NNC3=C2CCN(C(=O)c2cccc(Cl)c2Cl)[C@@H]3C)n1. The maximum Gasteiger partial charge on any atom is 0.255 e. The Morgan fingerprint density at radius 1 is 1.22 bits per heavy atom. The van der Waals surface area contributed by atoms with Crippen LogP contribution in [0.5, 0.6) is 0 Å². The highest BCUT2D eigenvalue weighted by atomic mass is 35.5. The molecule has 8 heteroatoms. The van der Waals surface area contributed by atoms with E-state index in [9.17, 15) is 4.79 Å². The lowest BCUT2D eigenvalue weighted by Crippen LogP contribution is -2.45. The van der Waals surface area contributed by atoms with Crippen LogP contribution in [-0.4, -0.2) is 28.4 Å². The summed E-state index contributed by atoms with van der Waals surface area (Å²) in [4.78, 5) is 19.4. The first-order valence-corrected chi connectivity index (χ1v) is 9.46. The van der Waals surface area contributed by atoms with Gasteiger partial charge in [-0.25, -0.2) is 9.99 Å². The van der Waals surface area contributed by atoms with Crippen molar-refractivity contribution in [2.45, 2.75) is 26.3 Å². The Kier molecular flexibility index (Phi) is 4.72. The molecule has 2 aliphatic heterocycles. The lowest BCUT2D eigenvalue weighted by molar-refractivity contribution is 0.0703. The number of carbonyl (C=O) groups excluding carboxylic acids is 1. The zero-order chi connectivity index (χ0) is 19.1. The molecule has 0 bridgehead atoms. The number of amides is 1. The molecule has 1 aromatic carbocycles. The fraction of sp³-hybridized carbons (Fsp3) is 0.263. The second kappa shape index (κ2) is 7.03. The molecule has 2 N–H and O–H groups in total. The maximum absolute atomic E-state index is 13.1. The number of hydrogen-bond donors (Lipinski definition) is 2. The van der Waals surface area contributed by atoms with E-state index in [0.717, 1.165) is 22.9 Å². The summed E-state index contributed by atoms with van der Waals surface area (Å²) < 4.78 is 0. The van der Waals surface area contributed by atoms with E-state index >= 15 is 0 Å². The molecule has 4 rings (SSSR count). The van der Waals surface area contributed by atoms with E-state index in [1.165, 1.54) is 0 Å². The standard InChI is InChI=1S/C19H19Cl2N5O/c1-11-5-3-8-16(22-11)26-15-9-10-25(12(2)18(15)23-24-26)19(27)13-6-4-7-14(20)17(13)21/h3-8,12,23-24H,9-10H2,1-2H3/t12-/m1/s1. The molecule has 0 aliphatic carbocycles. The van der Waals surface area contributed by atoms with Crippen LogP contribution >= 0.6 is 23.2 Å². The highest BCUT2D eigenvalue weighted by Gasteiger charge is 2.37. The Hall–Kier alpha value is -2.28. The summed E-state index contributed by atoms with van der Waals surface area (Å²) in [7, 11) is 0. The van der Waals surface area contributed by atoms with Gasteiger partial charge in [0.2, 0.25) is 0 Å². The van der Waals surface area contributed by atoms with Crippen LogP contribution in [-0.2, 0) is 0 Å². The largest absolute Gasteiger partial charge is 0.330 e. The first-order valence-electron chi connectivity index (χ1n) is 8.71. The monoisotopic (exact) mass is 403 g/mol. The first kappa shape index (κ1) is 18.1. The van der Waals surface area contributed by atoms with Gasteiger partial charge in [-0.1, -0.05) is 35.3 Å². The number of aryl methyl sites for hydroxylation is 1. The summed E-state index contributed by atoms with van der Waals surface area (Å²) in [5, 5.41) is 2.61. The van der Waals surface area contributed by atoms with Gasteiger partial charge in [-0.2, -0.15) is 0 Å². The molecule has 1 aromatic heterocycles. The van der Waals surface area contributed by atoms with Gasteiger partial charge in [0, 0.05) is 18.7 Å². The Balaban J connectivity index is 1.62.